The first-order valence-corrected chi connectivity index (χ1v) is 8.80. The zero-order chi connectivity index (χ0) is 15.5. The van der Waals surface area contributed by atoms with Gasteiger partial charge in [0.25, 0.3) is 10.2 Å². The summed E-state index contributed by atoms with van der Waals surface area (Å²) in [7, 11) is -1.76. The highest BCUT2D eigenvalue weighted by molar-refractivity contribution is 7.86. The average molecular weight is 311 g/mol. The number of nitrogens with two attached hydrogens (primary N) is 1. The molecule has 0 bridgehead atoms. The minimum atomic E-state index is -3.40. The van der Waals surface area contributed by atoms with Crippen molar-refractivity contribution in [3.63, 3.8) is 0 Å². The van der Waals surface area contributed by atoms with Crippen LogP contribution in [0.15, 0.2) is 24.3 Å². The fraction of sp³-hybridized carbons (Fsp3) is 0.600. The van der Waals surface area contributed by atoms with Gasteiger partial charge in [-0.2, -0.15) is 17.0 Å². The average Bonchev–Trinajstić information content (AvgIpc) is 2.47. The predicted octanol–water partition coefficient (Wildman–Crippen LogP) is 1.34. The monoisotopic (exact) mass is 311 g/mol. The van der Waals surface area contributed by atoms with Crippen LogP contribution in [-0.2, 0) is 16.8 Å². The van der Waals surface area contributed by atoms with Crippen molar-refractivity contribution >= 4 is 10.2 Å². The van der Waals surface area contributed by atoms with E-state index in [2.05, 4.69) is 0 Å². The summed E-state index contributed by atoms with van der Waals surface area (Å²) in [6.07, 6.45) is 1.91. The first kappa shape index (κ1) is 16.4. The van der Waals surface area contributed by atoms with Crippen LogP contribution < -0.4 is 5.73 Å². The van der Waals surface area contributed by atoms with Gasteiger partial charge < -0.3 is 5.73 Å². The van der Waals surface area contributed by atoms with Gasteiger partial charge in [-0.1, -0.05) is 29.8 Å². The predicted molar refractivity (Wildman–Crippen MR) is 84.9 cm³/mol. The molecule has 1 aromatic carbocycles. The summed E-state index contributed by atoms with van der Waals surface area (Å²) in [5, 5.41) is 0. The second-order valence-corrected chi connectivity index (χ2v) is 7.89. The third-order valence-corrected chi connectivity index (χ3v) is 5.92. The fourth-order valence-electron chi connectivity index (χ4n) is 2.78. The molecule has 1 atom stereocenters. The number of benzene rings is 1. The maximum absolute atomic E-state index is 12.6. The normalized spacial score (nSPS) is 20.9. The van der Waals surface area contributed by atoms with Gasteiger partial charge in [0.2, 0.25) is 0 Å². The van der Waals surface area contributed by atoms with Gasteiger partial charge in [-0.3, -0.25) is 0 Å². The Bertz CT molecular complexity index is 574. The Kier molecular flexibility index (Phi) is 5.37. The molecular formula is C15H25N3O2S. The van der Waals surface area contributed by atoms with Gasteiger partial charge in [-0.05, 0) is 37.8 Å². The second kappa shape index (κ2) is 6.87. The van der Waals surface area contributed by atoms with Gasteiger partial charge in [0, 0.05) is 26.7 Å². The molecule has 1 saturated heterocycles. The molecule has 2 N–H and O–H groups in total. The second-order valence-electron chi connectivity index (χ2n) is 5.85. The smallest absolute Gasteiger partial charge is 0.282 e. The zero-order valence-electron chi connectivity index (χ0n) is 12.8. The molecular weight excluding hydrogens is 286 g/mol. The molecule has 5 nitrogen and oxygen atoms in total. The van der Waals surface area contributed by atoms with Crippen LogP contribution in [0.25, 0.3) is 0 Å². The number of aryl methyl sites for hydroxylation is 1. The van der Waals surface area contributed by atoms with Crippen LogP contribution in [0.4, 0.5) is 0 Å². The lowest BCUT2D eigenvalue weighted by molar-refractivity contribution is 0.255. The van der Waals surface area contributed by atoms with Crippen molar-refractivity contribution in [2.24, 2.45) is 11.7 Å². The summed E-state index contributed by atoms with van der Waals surface area (Å²) in [6.45, 7) is 4.09. The van der Waals surface area contributed by atoms with Crippen molar-refractivity contribution in [1.82, 2.24) is 8.61 Å². The van der Waals surface area contributed by atoms with Crippen LogP contribution in [0.5, 0.6) is 0 Å². The van der Waals surface area contributed by atoms with E-state index in [1.807, 2.05) is 31.2 Å². The standard InChI is InChI=1S/C15H25N3O2S/c1-13-5-3-6-14(9-13)11-17(2)21(19,20)18-8-4-7-15(10-16)12-18/h3,5-6,9,15H,4,7-8,10-12,16H2,1-2H3. The molecule has 118 valence electrons. The summed E-state index contributed by atoms with van der Waals surface area (Å²) in [6, 6.07) is 7.94. The molecule has 6 heteroatoms. The largest absolute Gasteiger partial charge is 0.330 e. The minimum absolute atomic E-state index is 0.279. The first-order chi connectivity index (χ1) is 9.93. The van der Waals surface area contributed by atoms with E-state index in [9.17, 15) is 8.42 Å². The Morgan fingerprint density at radius 1 is 1.43 bits per heavy atom. The zero-order valence-corrected chi connectivity index (χ0v) is 13.6. The number of rotatable bonds is 5. The van der Waals surface area contributed by atoms with E-state index in [1.54, 1.807) is 11.4 Å². The summed E-state index contributed by atoms with van der Waals surface area (Å²) in [5.41, 5.74) is 7.84. The van der Waals surface area contributed by atoms with Crippen LogP contribution in [-0.4, -0.2) is 43.7 Å². The molecule has 1 unspecified atom stereocenters. The lowest BCUT2D eigenvalue weighted by Crippen LogP contribution is -2.47. The van der Waals surface area contributed by atoms with Crippen LogP contribution in [0.2, 0.25) is 0 Å². The minimum Gasteiger partial charge on any atom is -0.330 e. The van der Waals surface area contributed by atoms with E-state index in [1.165, 1.54) is 4.31 Å². The molecule has 1 aromatic rings. The molecule has 0 radical (unpaired) electrons. The first-order valence-electron chi connectivity index (χ1n) is 7.40. The maximum atomic E-state index is 12.6. The molecule has 1 aliphatic rings. The fourth-order valence-corrected chi connectivity index (χ4v) is 4.24. The quantitative estimate of drug-likeness (QED) is 0.892. The molecule has 0 saturated carbocycles. The van der Waals surface area contributed by atoms with Crippen LogP contribution in [0.3, 0.4) is 0 Å². The molecule has 1 fully saturated rings. The van der Waals surface area contributed by atoms with Crippen molar-refractivity contribution in [3.05, 3.63) is 35.4 Å². The number of hydrogen-bond donors (Lipinski definition) is 1. The van der Waals surface area contributed by atoms with Gasteiger partial charge in [-0.15, -0.1) is 0 Å². The molecule has 21 heavy (non-hydrogen) atoms. The third kappa shape index (κ3) is 4.03. The van der Waals surface area contributed by atoms with E-state index in [4.69, 9.17) is 5.73 Å². The van der Waals surface area contributed by atoms with Crippen molar-refractivity contribution in [1.29, 1.82) is 0 Å². The highest BCUT2D eigenvalue weighted by atomic mass is 32.2. The van der Waals surface area contributed by atoms with Gasteiger partial charge in [0.15, 0.2) is 0 Å². The molecule has 1 heterocycles. The Morgan fingerprint density at radius 2 is 2.19 bits per heavy atom. The van der Waals surface area contributed by atoms with Gasteiger partial charge in [0.1, 0.15) is 0 Å². The number of piperidine rings is 1. The highest BCUT2D eigenvalue weighted by Gasteiger charge is 2.31. The Hall–Kier alpha value is -0.950. The highest BCUT2D eigenvalue weighted by Crippen LogP contribution is 2.21. The van der Waals surface area contributed by atoms with Crippen molar-refractivity contribution < 1.29 is 8.42 Å². The maximum Gasteiger partial charge on any atom is 0.282 e. The molecule has 0 aliphatic carbocycles. The molecule has 2 rings (SSSR count). The SMILES string of the molecule is Cc1cccc(CN(C)S(=O)(=O)N2CCCC(CN)C2)c1. The third-order valence-electron chi connectivity index (χ3n) is 4.02. The Morgan fingerprint density at radius 3 is 2.86 bits per heavy atom. The van der Waals surface area contributed by atoms with Crippen LogP contribution in [0.1, 0.15) is 24.0 Å². The lowest BCUT2D eigenvalue weighted by atomic mass is 10.0. The van der Waals surface area contributed by atoms with Gasteiger partial charge >= 0.3 is 0 Å². The summed E-state index contributed by atoms with van der Waals surface area (Å²) < 4.78 is 28.3. The summed E-state index contributed by atoms with van der Waals surface area (Å²) in [4.78, 5) is 0. The van der Waals surface area contributed by atoms with E-state index >= 15 is 0 Å². The van der Waals surface area contributed by atoms with E-state index in [-0.39, 0.29) is 5.92 Å². The molecule has 0 amide bonds. The van der Waals surface area contributed by atoms with E-state index < -0.39 is 10.2 Å². The van der Waals surface area contributed by atoms with Gasteiger partial charge in [0.05, 0.1) is 0 Å². The number of nitrogens with zero attached hydrogens (tertiary/aromatic N) is 2. The van der Waals surface area contributed by atoms with E-state index in [0.29, 0.717) is 26.2 Å². The number of hydrogen-bond acceptors (Lipinski definition) is 3. The Balaban J connectivity index is 2.07. The van der Waals surface area contributed by atoms with Crippen LogP contribution >= 0.6 is 0 Å². The molecule has 1 aliphatic heterocycles. The molecule has 0 aromatic heterocycles. The molecule has 0 spiro atoms. The lowest BCUT2D eigenvalue weighted by Gasteiger charge is -2.34. The Labute approximate surface area is 127 Å². The van der Waals surface area contributed by atoms with Gasteiger partial charge in [-0.25, -0.2) is 0 Å². The van der Waals surface area contributed by atoms with Crippen molar-refractivity contribution in [2.45, 2.75) is 26.3 Å². The summed E-state index contributed by atoms with van der Waals surface area (Å²) >= 11 is 0. The topological polar surface area (TPSA) is 66.6 Å². The van der Waals surface area contributed by atoms with Crippen molar-refractivity contribution in [2.75, 3.05) is 26.7 Å². The van der Waals surface area contributed by atoms with Crippen molar-refractivity contribution in [3.8, 4) is 0 Å². The van der Waals surface area contributed by atoms with E-state index in [0.717, 1.165) is 24.0 Å². The van der Waals surface area contributed by atoms with Crippen LogP contribution in [0, 0.1) is 12.8 Å². The summed E-state index contributed by atoms with van der Waals surface area (Å²) in [5.74, 6) is 0.279.